The minimum Gasteiger partial charge on any atom is -0.484 e. The van der Waals surface area contributed by atoms with Gasteiger partial charge >= 0.3 is 11.9 Å². The number of hydrogen-bond acceptors (Lipinski definition) is 5. The monoisotopic (exact) mass is 315 g/mol. The Morgan fingerprint density at radius 2 is 2.00 bits per heavy atom. The SMILES string of the molecule is CCCC1=C2N=C(C(=O)O)C=C2C(=O)C2=C1C=C(C(=O)O)CO2. The molecule has 0 spiro atoms. The van der Waals surface area contributed by atoms with Crippen LogP contribution < -0.4 is 0 Å². The molecule has 0 atom stereocenters. The van der Waals surface area contributed by atoms with E-state index < -0.39 is 17.7 Å². The van der Waals surface area contributed by atoms with E-state index in [9.17, 15) is 14.4 Å². The summed E-state index contributed by atoms with van der Waals surface area (Å²) >= 11 is 0. The van der Waals surface area contributed by atoms with Crippen LogP contribution in [0.1, 0.15) is 19.8 Å². The van der Waals surface area contributed by atoms with Crippen LogP contribution in [0.2, 0.25) is 0 Å². The number of carboxylic acid groups (broad SMARTS) is 2. The average Bonchev–Trinajstić information content (AvgIpc) is 2.96. The number of Topliss-reactive ketones (excluding diaryl/α,β-unsaturated/α-hetero) is 1. The Bertz CT molecular complexity index is 806. The van der Waals surface area contributed by atoms with Crippen LogP contribution >= 0.6 is 0 Å². The molecular formula is C16H13NO6. The molecule has 7 heteroatoms. The zero-order valence-corrected chi connectivity index (χ0v) is 12.3. The lowest BCUT2D eigenvalue weighted by Crippen LogP contribution is -2.24. The van der Waals surface area contributed by atoms with Gasteiger partial charge in [0.05, 0.1) is 16.8 Å². The first-order chi connectivity index (χ1) is 10.9. The lowest BCUT2D eigenvalue weighted by molar-refractivity contribution is -0.133. The number of carboxylic acids is 2. The van der Waals surface area contributed by atoms with Gasteiger partial charge in [0.1, 0.15) is 12.3 Å². The Balaban J connectivity index is 2.20. The molecule has 1 aliphatic carbocycles. The molecule has 0 amide bonds. The fraction of sp³-hybridized carbons (Fsp3) is 0.250. The highest BCUT2D eigenvalue weighted by Gasteiger charge is 2.38. The first-order valence-electron chi connectivity index (χ1n) is 7.07. The van der Waals surface area contributed by atoms with E-state index in [1.807, 2.05) is 6.92 Å². The highest BCUT2D eigenvalue weighted by atomic mass is 16.5. The number of nitrogens with zero attached hydrogens (tertiary/aromatic N) is 1. The van der Waals surface area contributed by atoms with E-state index in [0.717, 1.165) is 6.42 Å². The second kappa shape index (κ2) is 5.35. The smallest absolute Gasteiger partial charge is 0.354 e. The fourth-order valence-corrected chi connectivity index (χ4v) is 2.73. The van der Waals surface area contributed by atoms with Gasteiger partial charge in [-0.25, -0.2) is 14.6 Å². The molecule has 118 valence electrons. The molecule has 23 heavy (non-hydrogen) atoms. The van der Waals surface area contributed by atoms with Crippen LogP contribution in [0.15, 0.2) is 50.9 Å². The number of hydrogen-bond donors (Lipinski definition) is 2. The summed E-state index contributed by atoms with van der Waals surface area (Å²) in [5.74, 6) is -2.73. The Morgan fingerprint density at radius 3 is 2.61 bits per heavy atom. The highest BCUT2D eigenvalue weighted by Crippen LogP contribution is 2.40. The molecule has 2 aliphatic heterocycles. The van der Waals surface area contributed by atoms with Gasteiger partial charge in [0.25, 0.3) is 0 Å². The molecular weight excluding hydrogens is 302 g/mol. The number of fused-ring (bicyclic) bond motifs is 1. The van der Waals surface area contributed by atoms with Crippen molar-refractivity contribution in [2.75, 3.05) is 6.61 Å². The first kappa shape index (κ1) is 15.0. The summed E-state index contributed by atoms with van der Waals surface area (Å²) in [4.78, 5) is 38.8. The van der Waals surface area contributed by atoms with Gasteiger partial charge in [0, 0.05) is 5.57 Å². The van der Waals surface area contributed by atoms with E-state index in [2.05, 4.69) is 4.99 Å². The molecule has 0 aromatic carbocycles. The van der Waals surface area contributed by atoms with Crippen LogP contribution in [0, 0.1) is 0 Å². The molecule has 2 heterocycles. The lowest BCUT2D eigenvalue weighted by Gasteiger charge is -2.26. The van der Waals surface area contributed by atoms with Gasteiger partial charge < -0.3 is 14.9 Å². The van der Waals surface area contributed by atoms with Crippen molar-refractivity contribution in [3.8, 4) is 0 Å². The van der Waals surface area contributed by atoms with Crippen LogP contribution in [0.3, 0.4) is 0 Å². The number of carbonyl (C=O) groups excluding carboxylic acids is 1. The maximum Gasteiger partial charge on any atom is 0.354 e. The van der Waals surface area contributed by atoms with Gasteiger partial charge in [-0.05, 0) is 24.1 Å². The minimum atomic E-state index is -1.22. The van der Waals surface area contributed by atoms with Crippen LogP contribution in [0.4, 0.5) is 0 Å². The summed E-state index contributed by atoms with van der Waals surface area (Å²) < 4.78 is 5.36. The standard InChI is InChI=1S/C16H13NO6/c1-2-3-8-9-4-7(15(19)20)6-23-14(9)13(18)10-5-11(16(21)22)17-12(8)10/h4-5H,2-3,6H2,1H3,(H,19,20)(H,21,22). The Hall–Kier alpha value is -2.96. The van der Waals surface area contributed by atoms with Crippen molar-refractivity contribution in [3.05, 3.63) is 45.9 Å². The van der Waals surface area contributed by atoms with Crippen LogP contribution in [0.5, 0.6) is 0 Å². The van der Waals surface area contributed by atoms with Gasteiger partial charge in [-0.2, -0.15) is 0 Å². The van der Waals surface area contributed by atoms with E-state index in [-0.39, 0.29) is 29.2 Å². The molecule has 0 bridgehead atoms. The van der Waals surface area contributed by atoms with Crippen molar-refractivity contribution in [1.29, 1.82) is 0 Å². The maximum absolute atomic E-state index is 12.5. The zero-order valence-electron chi connectivity index (χ0n) is 12.3. The summed E-state index contributed by atoms with van der Waals surface area (Å²) in [5.41, 5.74) is 1.36. The number of ketones is 1. The Morgan fingerprint density at radius 1 is 1.26 bits per heavy atom. The molecule has 0 saturated carbocycles. The van der Waals surface area contributed by atoms with Crippen molar-refractivity contribution in [3.63, 3.8) is 0 Å². The topological polar surface area (TPSA) is 113 Å². The second-order valence-corrected chi connectivity index (χ2v) is 5.27. The summed E-state index contributed by atoms with van der Waals surface area (Å²) in [6.45, 7) is 1.73. The number of carbonyl (C=O) groups is 3. The third-order valence-electron chi connectivity index (χ3n) is 3.76. The minimum absolute atomic E-state index is 0.0404. The molecule has 0 aromatic heterocycles. The molecule has 0 radical (unpaired) electrons. The van der Waals surface area contributed by atoms with Crippen molar-refractivity contribution in [1.82, 2.24) is 0 Å². The van der Waals surface area contributed by atoms with Crippen LogP contribution in [-0.2, 0) is 19.1 Å². The molecule has 2 N–H and O–H groups in total. The largest absolute Gasteiger partial charge is 0.484 e. The zero-order chi connectivity index (χ0) is 16.7. The van der Waals surface area contributed by atoms with Crippen LogP contribution in [-0.4, -0.2) is 40.3 Å². The molecule has 0 unspecified atom stereocenters. The van der Waals surface area contributed by atoms with Crippen molar-refractivity contribution in [2.24, 2.45) is 4.99 Å². The van der Waals surface area contributed by atoms with Gasteiger partial charge in [-0.15, -0.1) is 0 Å². The van der Waals surface area contributed by atoms with Crippen molar-refractivity contribution < 1.29 is 29.3 Å². The van der Waals surface area contributed by atoms with E-state index in [1.54, 1.807) is 0 Å². The second-order valence-electron chi connectivity index (χ2n) is 5.27. The quantitative estimate of drug-likeness (QED) is 0.810. The third-order valence-corrected chi connectivity index (χ3v) is 3.76. The molecule has 0 fully saturated rings. The van der Waals surface area contributed by atoms with E-state index in [4.69, 9.17) is 14.9 Å². The molecule has 0 saturated heterocycles. The number of rotatable bonds is 4. The Labute approximate surface area is 131 Å². The first-order valence-corrected chi connectivity index (χ1v) is 7.07. The van der Waals surface area contributed by atoms with Gasteiger partial charge in [-0.1, -0.05) is 13.3 Å². The maximum atomic E-state index is 12.5. The van der Waals surface area contributed by atoms with E-state index >= 15 is 0 Å². The average molecular weight is 315 g/mol. The third kappa shape index (κ3) is 2.30. The number of aliphatic carboxylic acids is 2. The molecule has 7 nitrogen and oxygen atoms in total. The number of ether oxygens (including phenoxy) is 1. The summed E-state index contributed by atoms with van der Waals surface area (Å²) in [7, 11) is 0. The molecule has 3 aliphatic rings. The van der Waals surface area contributed by atoms with Crippen molar-refractivity contribution in [2.45, 2.75) is 19.8 Å². The predicted molar refractivity (Wildman–Crippen MR) is 78.8 cm³/mol. The van der Waals surface area contributed by atoms with Gasteiger partial charge in [-0.3, -0.25) is 4.79 Å². The molecule has 3 rings (SSSR count). The summed E-state index contributed by atoms with van der Waals surface area (Å²) in [6.07, 6.45) is 3.91. The predicted octanol–water partition coefficient (Wildman–Crippen LogP) is 1.38. The van der Waals surface area contributed by atoms with E-state index in [0.29, 0.717) is 23.3 Å². The summed E-state index contributed by atoms with van der Waals surface area (Å²) in [6, 6.07) is 0. The van der Waals surface area contributed by atoms with E-state index in [1.165, 1.54) is 12.2 Å². The fourth-order valence-electron chi connectivity index (χ4n) is 2.73. The lowest BCUT2D eigenvalue weighted by atomic mass is 9.85. The van der Waals surface area contributed by atoms with Crippen molar-refractivity contribution >= 4 is 23.4 Å². The van der Waals surface area contributed by atoms with Crippen LogP contribution in [0.25, 0.3) is 0 Å². The molecule has 0 aromatic rings. The van der Waals surface area contributed by atoms with Gasteiger partial charge in [0.2, 0.25) is 5.78 Å². The van der Waals surface area contributed by atoms with Gasteiger partial charge in [0.15, 0.2) is 5.76 Å². The number of aliphatic imine (C=N–C) groups is 1. The normalized spacial score (nSPS) is 19.5. The number of allylic oxidation sites excluding steroid dienone is 5. The Kier molecular flexibility index (Phi) is 3.48. The summed E-state index contributed by atoms with van der Waals surface area (Å²) in [5, 5.41) is 18.2. The highest BCUT2D eigenvalue weighted by molar-refractivity contribution is 6.43.